The van der Waals surface area contributed by atoms with Crippen LogP contribution in [0.1, 0.15) is 24.1 Å². The summed E-state index contributed by atoms with van der Waals surface area (Å²) in [5.41, 5.74) is 1.92. The van der Waals surface area contributed by atoms with Crippen LogP contribution in [0.3, 0.4) is 0 Å². The molecule has 2 amide bonds. The molecule has 142 valence electrons. The van der Waals surface area contributed by atoms with Crippen LogP contribution in [0.5, 0.6) is 0 Å². The second-order valence-corrected chi connectivity index (χ2v) is 7.08. The van der Waals surface area contributed by atoms with E-state index in [1.165, 1.54) is 5.39 Å². The Labute approximate surface area is 163 Å². The first kappa shape index (κ1) is 18.1. The van der Waals surface area contributed by atoms with Crippen molar-refractivity contribution in [1.29, 1.82) is 0 Å². The molecule has 0 aliphatic carbocycles. The van der Waals surface area contributed by atoms with Gasteiger partial charge in [-0.2, -0.15) is 0 Å². The molecule has 0 radical (unpaired) electrons. The molecule has 0 saturated carbocycles. The number of likely N-dealkylation sites (tertiary alicyclic amines) is 1. The number of nitrogens with one attached hydrogen (secondary N) is 1. The van der Waals surface area contributed by atoms with E-state index < -0.39 is 0 Å². The molecule has 1 aromatic heterocycles. The van der Waals surface area contributed by atoms with E-state index in [2.05, 4.69) is 39.6 Å². The van der Waals surface area contributed by atoms with Crippen molar-refractivity contribution in [2.75, 3.05) is 6.54 Å². The third-order valence-corrected chi connectivity index (χ3v) is 5.05. The van der Waals surface area contributed by atoms with E-state index in [0.717, 1.165) is 16.6 Å². The van der Waals surface area contributed by atoms with Gasteiger partial charge in [-0.1, -0.05) is 42.5 Å². The number of carbonyl (C=O) groups is 2. The molecule has 6 heteroatoms. The lowest BCUT2D eigenvalue weighted by Crippen LogP contribution is -2.37. The highest BCUT2D eigenvalue weighted by molar-refractivity contribution is 5.87. The summed E-state index contributed by atoms with van der Waals surface area (Å²) in [6.45, 7) is 1.10. The smallest absolute Gasteiger partial charge is 0.225 e. The first-order chi connectivity index (χ1) is 13.7. The molecule has 2 heterocycles. The monoisotopic (exact) mass is 374 g/mol. The zero-order valence-corrected chi connectivity index (χ0v) is 15.5. The molecular weight excluding hydrogens is 352 g/mol. The number of aryl methyl sites for hydroxylation is 1. The van der Waals surface area contributed by atoms with Crippen molar-refractivity contribution in [3.63, 3.8) is 0 Å². The standard InChI is InChI=1S/C22H22N4O2/c27-21(9-8-18-13-23-10-11-24-18)25-19-12-22(28)26(15-19)14-17-6-3-5-16-4-1-2-7-20(16)17/h1-7,10-11,13,19H,8-9,12,14-15H2,(H,25,27)/t19-/m1/s1. The van der Waals surface area contributed by atoms with Crippen LogP contribution < -0.4 is 5.32 Å². The van der Waals surface area contributed by atoms with Gasteiger partial charge in [-0.3, -0.25) is 19.6 Å². The molecule has 1 fully saturated rings. The summed E-state index contributed by atoms with van der Waals surface area (Å²) in [5, 5.41) is 5.31. The van der Waals surface area contributed by atoms with Crippen molar-refractivity contribution in [2.45, 2.75) is 31.8 Å². The SMILES string of the molecule is O=C(CCc1cnccn1)N[C@@H]1CC(=O)N(Cc2cccc3ccccc23)C1. The molecular formula is C22H22N4O2. The van der Waals surface area contributed by atoms with Crippen LogP contribution in [0.15, 0.2) is 61.1 Å². The minimum absolute atomic E-state index is 0.0598. The summed E-state index contributed by atoms with van der Waals surface area (Å²) in [5.74, 6) is 0.0163. The van der Waals surface area contributed by atoms with Gasteiger partial charge in [0.05, 0.1) is 11.7 Å². The Morgan fingerprint density at radius 1 is 1.14 bits per heavy atom. The summed E-state index contributed by atoms with van der Waals surface area (Å²) in [6, 6.07) is 14.2. The number of fused-ring (bicyclic) bond motifs is 1. The number of benzene rings is 2. The largest absolute Gasteiger partial charge is 0.351 e. The predicted molar refractivity (Wildman–Crippen MR) is 106 cm³/mol. The van der Waals surface area contributed by atoms with E-state index in [1.807, 2.05) is 23.1 Å². The molecule has 1 saturated heterocycles. The highest BCUT2D eigenvalue weighted by atomic mass is 16.2. The molecule has 0 spiro atoms. The van der Waals surface area contributed by atoms with Gasteiger partial charge in [0.25, 0.3) is 0 Å². The molecule has 0 bridgehead atoms. The molecule has 28 heavy (non-hydrogen) atoms. The number of amides is 2. The molecule has 4 rings (SSSR count). The molecule has 3 aromatic rings. The number of rotatable bonds is 6. The van der Waals surface area contributed by atoms with Gasteiger partial charge in [-0.15, -0.1) is 0 Å². The van der Waals surface area contributed by atoms with E-state index >= 15 is 0 Å². The van der Waals surface area contributed by atoms with E-state index in [-0.39, 0.29) is 17.9 Å². The van der Waals surface area contributed by atoms with Gasteiger partial charge in [0.2, 0.25) is 11.8 Å². The average molecular weight is 374 g/mol. The molecule has 1 aliphatic heterocycles. The Balaban J connectivity index is 1.34. The summed E-state index contributed by atoms with van der Waals surface area (Å²) in [4.78, 5) is 34.7. The van der Waals surface area contributed by atoms with Gasteiger partial charge in [0, 0.05) is 44.5 Å². The summed E-state index contributed by atoms with van der Waals surface area (Å²) in [7, 11) is 0. The first-order valence-electron chi connectivity index (χ1n) is 9.48. The van der Waals surface area contributed by atoms with Crippen molar-refractivity contribution in [2.24, 2.45) is 0 Å². The van der Waals surface area contributed by atoms with Crippen LogP contribution in [-0.2, 0) is 22.6 Å². The Kier molecular flexibility index (Phi) is 5.28. The van der Waals surface area contributed by atoms with Crippen LogP contribution in [0.2, 0.25) is 0 Å². The zero-order chi connectivity index (χ0) is 19.3. The van der Waals surface area contributed by atoms with Crippen molar-refractivity contribution < 1.29 is 9.59 Å². The van der Waals surface area contributed by atoms with Crippen LogP contribution in [0.25, 0.3) is 10.8 Å². The van der Waals surface area contributed by atoms with Crippen molar-refractivity contribution in [3.8, 4) is 0 Å². The maximum atomic E-state index is 12.4. The number of hydrogen-bond acceptors (Lipinski definition) is 4. The normalized spacial score (nSPS) is 16.5. The minimum Gasteiger partial charge on any atom is -0.351 e. The highest BCUT2D eigenvalue weighted by Gasteiger charge is 2.30. The lowest BCUT2D eigenvalue weighted by Gasteiger charge is -2.18. The van der Waals surface area contributed by atoms with Crippen molar-refractivity contribution >= 4 is 22.6 Å². The Morgan fingerprint density at radius 3 is 2.86 bits per heavy atom. The maximum absolute atomic E-state index is 12.4. The Bertz CT molecular complexity index is 985. The van der Waals surface area contributed by atoms with Gasteiger partial charge in [-0.25, -0.2) is 0 Å². The molecule has 1 atom stereocenters. The van der Waals surface area contributed by atoms with Crippen LogP contribution >= 0.6 is 0 Å². The number of hydrogen-bond donors (Lipinski definition) is 1. The minimum atomic E-state index is -0.142. The van der Waals surface area contributed by atoms with E-state index in [4.69, 9.17) is 0 Å². The van der Waals surface area contributed by atoms with Crippen LogP contribution in [-0.4, -0.2) is 39.3 Å². The lowest BCUT2D eigenvalue weighted by atomic mass is 10.0. The maximum Gasteiger partial charge on any atom is 0.225 e. The van der Waals surface area contributed by atoms with E-state index in [0.29, 0.717) is 32.4 Å². The van der Waals surface area contributed by atoms with Gasteiger partial charge < -0.3 is 10.2 Å². The molecule has 6 nitrogen and oxygen atoms in total. The summed E-state index contributed by atoms with van der Waals surface area (Å²) >= 11 is 0. The Hall–Kier alpha value is -3.28. The summed E-state index contributed by atoms with van der Waals surface area (Å²) in [6.07, 6.45) is 6.12. The fourth-order valence-corrected chi connectivity index (χ4v) is 3.66. The third kappa shape index (κ3) is 4.17. The number of nitrogens with zero attached hydrogens (tertiary/aromatic N) is 3. The lowest BCUT2D eigenvalue weighted by molar-refractivity contribution is -0.128. The highest BCUT2D eigenvalue weighted by Crippen LogP contribution is 2.22. The van der Waals surface area contributed by atoms with E-state index in [9.17, 15) is 9.59 Å². The topological polar surface area (TPSA) is 75.2 Å². The fraction of sp³-hybridized carbons (Fsp3) is 0.273. The first-order valence-corrected chi connectivity index (χ1v) is 9.48. The molecule has 0 unspecified atom stereocenters. The quantitative estimate of drug-likeness (QED) is 0.719. The molecule has 1 aliphatic rings. The third-order valence-electron chi connectivity index (χ3n) is 5.05. The zero-order valence-electron chi connectivity index (χ0n) is 15.5. The van der Waals surface area contributed by atoms with E-state index in [1.54, 1.807) is 18.6 Å². The predicted octanol–water partition coefficient (Wildman–Crippen LogP) is 2.48. The molecule has 2 aromatic carbocycles. The average Bonchev–Trinajstić information content (AvgIpc) is 3.06. The van der Waals surface area contributed by atoms with Gasteiger partial charge in [0.15, 0.2) is 0 Å². The van der Waals surface area contributed by atoms with Crippen molar-refractivity contribution in [3.05, 3.63) is 72.3 Å². The van der Waals surface area contributed by atoms with Crippen LogP contribution in [0.4, 0.5) is 0 Å². The second kappa shape index (κ2) is 8.17. The van der Waals surface area contributed by atoms with Gasteiger partial charge in [0.1, 0.15) is 0 Å². The fourth-order valence-electron chi connectivity index (χ4n) is 3.66. The number of aromatic nitrogens is 2. The van der Waals surface area contributed by atoms with Crippen LogP contribution in [0, 0.1) is 0 Å². The van der Waals surface area contributed by atoms with Gasteiger partial charge >= 0.3 is 0 Å². The second-order valence-electron chi connectivity index (χ2n) is 7.08. The number of carbonyl (C=O) groups excluding carboxylic acids is 2. The Morgan fingerprint density at radius 2 is 2.00 bits per heavy atom. The van der Waals surface area contributed by atoms with Crippen molar-refractivity contribution in [1.82, 2.24) is 20.2 Å². The summed E-state index contributed by atoms with van der Waals surface area (Å²) < 4.78 is 0. The molecule has 1 N–H and O–H groups in total. The van der Waals surface area contributed by atoms with Gasteiger partial charge in [-0.05, 0) is 22.8 Å².